The van der Waals surface area contributed by atoms with E-state index in [0.29, 0.717) is 38.9 Å². The fraction of sp³-hybridized carbons (Fsp3) is 0.765. The number of aliphatic carboxylic acids is 1. The number of hydrogen-bond acceptors (Lipinski definition) is 5. The molecule has 0 atom stereocenters. The van der Waals surface area contributed by atoms with Crippen molar-refractivity contribution in [2.45, 2.75) is 57.2 Å². The second-order valence-corrected chi connectivity index (χ2v) is 6.46. The summed E-state index contributed by atoms with van der Waals surface area (Å²) < 4.78 is 0. The Bertz CT molecular complexity index is 526. The summed E-state index contributed by atoms with van der Waals surface area (Å²) in [6, 6.07) is 0.241. The van der Waals surface area contributed by atoms with E-state index in [2.05, 4.69) is 16.1 Å². The summed E-state index contributed by atoms with van der Waals surface area (Å²) in [6.07, 6.45) is 9.33. The number of rotatable bonds is 9. The molecule has 0 aromatic heterocycles. The van der Waals surface area contributed by atoms with Gasteiger partial charge in [-0.05, 0) is 19.4 Å². The zero-order valence-electron chi connectivity index (χ0n) is 14.3. The van der Waals surface area contributed by atoms with Crippen LogP contribution in [0, 0.1) is 12.3 Å². The maximum absolute atomic E-state index is 12.4. The minimum Gasteiger partial charge on any atom is -0.480 e. The monoisotopic (exact) mass is 334 g/mol. The largest absolute Gasteiger partial charge is 0.480 e. The van der Waals surface area contributed by atoms with Gasteiger partial charge in [0.05, 0.1) is 6.54 Å². The van der Waals surface area contributed by atoms with Crippen LogP contribution >= 0.6 is 0 Å². The van der Waals surface area contributed by atoms with E-state index in [4.69, 9.17) is 11.5 Å². The molecule has 24 heavy (non-hydrogen) atoms. The van der Waals surface area contributed by atoms with Crippen LogP contribution in [0.15, 0.2) is 10.2 Å². The maximum atomic E-state index is 12.4. The van der Waals surface area contributed by atoms with Gasteiger partial charge in [0.1, 0.15) is 0 Å². The van der Waals surface area contributed by atoms with Gasteiger partial charge in [-0.25, -0.2) is 0 Å². The second kappa shape index (κ2) is 8.25. The summed E-state index contributed by atoms with van der Waals surface area (Å²) in [7, 11) is 0. The number of piperidine rings is 1. The van der Waals surface area contributed by atoms with E-state index in [0.717, 1.165) is 19.3 Å². The first-order valence-corrected chi connectivity index (χ1v) is 8.61. The van der Waals surface area contributed by atoms with Crippen molar-refractivity contribution >= 4 is 11.9 Å². The van der Waals surface area contributed by atoms with Crippen molar-refractivity contribution in [3.05, 3.63) is 0 Å². The molecule has 1 saturated heterocycles. The van der Waals surface area contributed by atoms with Crippen molar-refractivity contribution in [2.24, 2.45) is 10.2 Å². The first kappa shape index (κ1) is 18.4. The highest BCUT2D eigenvalue weighted by Gasteiger charge is 2.39. The Hall–Kier alpha value is -1.94. The standard InChI is InChI=1S/C17H26N4O3/c1-3-5-9-17(18-19-17)10-6-15(22)21-11-7-14(8-12-21)20(4-2)13-16(23)24/h1,14H,4-13H2,2H3,(H,23,24). The van der Waals surface area contributed by atoms with E-state index >= 15 is 0 Å². The van der Waals surface area contributed by atoms with Gasteiger partial charge in [-0.1, -0.05) is 6.92 Å². The summed E-state index contributed by atoms with van der Waals surface area (Å²) in [5.74, 6) is 1.92. The Morgan fingerprint density at radius 1 is 1.33 bits per heavy atom. The molecule has 2 heterocycles. The van der Waals surface area contributed by atoms with E-state index < -0.39 is 11.6 Å². The molecule has 0 spiro atoms. The van der Waals surface area contributed by atoms with Gasteiger partial charge in [-0.15, -0.1) is 12.3 Å². The van der Waals surface area contributed by atoms with Crippen LogP contribution in [0.2, 0.25) is 0 Å². The Labute approximate surface area is 143 Å². The van der Waals surface area contributed by atoms with Gasteiger partial charge in [0.15, 0.2) is 5.66 Å². The Morgan fingerprint density at radius 2 is 2.00 bits per heavy atom. The minimum absolute atomic E-state index is 0.0653. The average Bonchev–Trinajstić information content (AvgIpc) is 3.36. The molecule has 7 nitrogen and oxygen atoms in total. The molecule has 0 radical (unpaired) electrons. The quantitative estimate of drug-likeness (QED) is 0.651. The molecule has 0 bridgehead atoms. The van der Waals surface area contributed by atoms with Crippen LogP contribution in [-0.2, 0) is 9.59 Å². The Morgan fingerprint density at radius 3 is 2.50 bits per heavy atom. The van der Waals surface area contributed by atoms with Crippen LogP contribution in [0.5, 0.6) is 0 Å². The van der Waals surface area contributed by atoms with Gasteiger partial charge in [-0.3, -0.25) is 14.5 Å². The van der Waals surface area contributed by atoms with Gasteiger partial charge in [0, 0.05) is 44.8 Å². The molecule has 0 unspecified atom stereocenters. The number of nitrogens with zero attached hydrogens (tertiary/aromatic N) is 4. The third kappa shape index (κ3) is 5.03. The molecular formula is C17H26N4O3. The smallest absolute Gasteiger partial charge is 0.317 e. The molecule has 1 N–H and O–H groups in total. The predicted molar refractivity (Wildman–Crippen MR) is 89.4 cm³/mol. The zero-order valence-corrected chi connectivity index (χ0v) is 14.3. The predicted octanol–water partition coefficient (Wildman–Crippen LogP) is 1.74. The Balaban J connectivity index is 1.72. The lowest BCUT2D eigenvalue weighted by atomic mass is 10.00. The summed E-state index contributed by atoms with van der Waals surface area (Å²) in [5, 5.41) is 17.1. The molecule has 7 heteroatoms. The number of likely N-dealkylation sites (tertiary alicyclic amines) is 1. The van der Waals surface area contributed by atoms with Crippen molar-refractivity contribution in [2.75, 3.05) is 26.2 Å². The number of carboxylic acids is 1. The van der Waals surface area contributed by atoms with Crippen LogP contribution in [0.3, 0.4) is 0 Å². The lowest BCUT2D eigenvalue weighted by Gasteiger charge is -2.37. The maximum Gasteiger partial charge on any atom is 0.317 e. The number of terminal acetylenes is 1. The zero-order chi connectivity index (χ0) is 17.6. The molecule has 0 saturated carbocycles. The molecule has 0 aliphatic carbocycles. The third-order valence-corrected chi connectivity index (χ3v) is 4.87. The Kier molecular flexibility index (Phi) is 6.32. The van der Waals surface area contributed by atoms with Crippen LogP contribution < -0.4 is 0 Å². The number of carbonyl (C=O) groups excluding carboxylic acids is 1. The number of hydrogen-bond donors (Lipinski definition) is 1. The average molecular weight is 334 g/mol. The summed E-state index contributed by atoms with van der Waals surface area (Å²) in [6.45, 7) is 4.12. The highest BCUT2D eigenvalue weighted by Crippen LogP contribution is 2.37. The second-order valence-electron chi connectivity index (χ2n) is 6.46. The molecular weight excluding hydrogens is 308 g/mol. The number of carbonyl (C=O) groups is 2. The van der Waals surface area contributed by atoms with Crippen LogP contribution in [0.25, 0.3) is 0 Å². The topological polar surface area (TPSA) is 85.6 Å². The van der Waals surface area contributed by atoms with Gasteiger partial charge in [-0.2, -0.15) is 10.2 Å². The van der Waals surface area contributed by atoms with Crippen molar-refractivity contribution in [1.29, 1.82) is 0 Å². The fourth-order valence-corrected chi connectivity index (χ4v) is 3.29. The SMILES string of the molecule is C#CCCC1(CCC(=O)N2CCC(N(CC)CC(=O)O)CC2)N=N1. The molecule has 2 aliphatic rings. The van der Waals surface area contributed by atoms with Gasteiger partial charge >= 0.3 is 5.97 Å². The molecule has 0 aromatic carbocycles. The van der Waals surface area contributed by atoms with E-state index in [9.17, 15) is 9.59 Å². The fourth-order valence-electron chi connectivity index (χ4n) is 3.29. The number of amides is 1. The summed E-state index contributed by atoms with van der Waals surface area (Å²) in [4.78, 5) is 27.1. The lowest BCUT2D eigenvalue weighted by molar-refractivity contribution is -0.140. The van der Waals surface area contributed by atoms with Crippen LogP contribution in [0.4, 0.5) is 0 Å². The van der Waals surface area contributed by atoms with E-state index in [1.165, 1.54) is 0 Å². The van der Waals surface area contributed by atoms with E-state index in [1.54, 1.807) is 0 Å². The van der Waals surface area contributed by atoms with Crippen molar-refractivity contribution in [3.63, 3.8) is 0 Å². The molecule has 1 fully saturated rings. The first-order valence-electron chi connectivity index (χ1n) is 8.61. The molecule has 132 valence electrons. The van der Waals surface area contributed by atoms with Gasteiger partial charge in [0.25, 0.3) is 0 Å². The number of likely N-dealkylation sites (N-methyl/N-ethyl adjacent to an activating group) is 1. The molecule has 0 aromatic rings. The molecule has 2 aliphatic heterocycles. The molecule has 1 amide bonds. The third-order valence-electron chi connectivity index (χ3n) is 4.87. The molecule has 2 rings (SSSR count). The van der Waals surface area contributed by atoms with E-state index in [1.807, 2.05) is 16.7 Å². The van der Waals surface area contributed by atoms with Crippen LogP contribution in [0.1, 0.15) is 45.4 Å². The van der Waals surface area contributed by atoms with Gasteiger partial charge < -0.3 is 10.0 Å². The first-order chi connectivity index (χ1) is 11.5. The van der Waals surface area contributed by atoms with Crippen molar-refractivity contribution < 1.29 is 14.7 Å². The summed E-state index contributed by atoms with van der Waals surface area (Å²) in [5.41, 5.74) is -0.402. The van der Waals surface area contributed by atoms with Crippen molar-refractivity contribution in [1.82, 2.24) is 9.80 Å². The van der Waals surface area contributed by atoms with Crippen molar-refractivity contribution in [3.8, 4) is 12.3 Å². The highest BCUT2D eigenvalue weighted by atomic mass is 16.4. The van der Waals surface area contributed by atoms with Gasteiger partial charge in [0.2, 0.25) is 5.91 Å². The lowest BCUT2D eigenvalue weighted by Crippen LogP contribution is -2.48. The summed E-state index contributed by atoms with van der Waals surface area (Å²) >= 11 is 0. The number of carboxylic acid groups (broad SMARTS) is 1. The van der Waals surface area contributed by atoms with E-state index in [-0.39, 0.29) is 18.5 Å². The van der Waals surface area contributed by atoms with Crippen LogP contribution in [-0.4, -0.2) is 64.7 Å². The minimum atomic E-state index is -0.801. The normalized spacial score (nSPS) is 19.3. The highest BCUT2D eigenvalue weighted by molar-refractivity contribution is 5.76.